The number of nitrogens with one attached hydrogen (secondary N) is 2. The van der Waals surface area contributed by atoms with E-state index in [0.29, 0.717) is 13.0 Å². The van der Waals surface area contributed by atoms with Gasteiger partial charge in [0, 0.05) is 19.0 Å². The van der Waals surface area contributed by atoms with Crippen molar-refractivity contribution >= 4 is 23.5 Å². The Balaban J connectivity index is 1.77. The number of ketones is 1. The predicted octanol–water partition coefficient (Wildman–Crippen LogP) is 0.993. The second-order valence-electron chi connectivity index (χ2n) is 10.8. The fourth-order valence-corrected chi connectivity index (χ4v) is 5.49. The van der Waals surface area contributed by atoms with Gasteiger partial charge in [-0.25, -0.2) is 0 Å². The van der Waals surface area contributed by atoms with Gasteiger partial charge < -0.3 is 20.6 Å². The molecule has 3 amide bonds. The first-order chi connectivity index (χ1) is 16.1. The molecule has 1 aliphatic carbocycles. The van der Waals surface area contributed by atoms with Crippen molar-refractivity contribution in [1.82, 2.24) is 15.5 Å². The Labute approximate surface area is 202 Å². The van der Waals surface area contributed by atoms with Crippen molar-refractivity contribution in [2.24, 2.45) is 29.1 Å². The van der Waals surface area contributed by atoms with Gasteiger partial charge in [-0.3, -0.25) is 23.9 Å². The summed E-state index contributed by atoms with van der Waals surface area (Å²) in [5, 5.41) is 15.5. The number of Topliss-reactive ketones (excluding diaryl/α,β-unsaturated/α-hetero) is 1. The second kappa shape index (κ2) is 10.0. The van der Waals surface area contributed by atoms with Gasteiger partial charge in [-0.05, 0) is 42.4 Å². The maximum absolute atomic E-state index is 13.4. The average Bonchev–Trinajstić information content (AvgIpc) is 3.10. The topological polar surface area (TPSA) is 125 Å². The quantitative estimate of drug-likeness (QED) is 0.407. The largest absolute Gasteiger partial charge is 0.522 e. The molecule has 3 N–H and O–H groups in total. The van der Waals surface area contributed by atoms with E-state index in [2.05, 4.69) is 15.4 Å². The standard InChI is InChI=1S/C23H34F3N3O6/c1-11(2)7-15(30)21(34)29-9-13-17(22(13,3)4)18(29)20(33)28-14(8-12-5-6-27-19(12)32)16(31)10-35-23(24,25)26/h11-15,17-18,30H,5-10H2,1-4H3,(H,27,32)(H,28,33)/t12-,13-,14-,15+,17-,18-/m0/s1. The van der Waals surface area contributed by atoms with Gasteiger partial charge in [0.1, 0.15) is 18.8 Å². The highest BCUT2D eigenvalue weighted by molar-refractivity contribution is 5.95. The number of rotatable bonds is 10. The van der Waals surface area contributed by atoms with E-state index >= 15 is 0 Å². The number of hydrogen-bond donors (Lipinski definition) is 3. The molecule has 9 nitrogen and oxygen atoms in total. The van der Waals surface area contributed by atoms with E-state index in [1.807, 2.05) is 27.7 Å². The lowest BCUT2D eigenvalue weighted by molar-refractivity contribution is -0.321. The van der Waals surface area contributed by atoms with E-state index in [9.17, 15) is 37.5 Å². The van der Waals surface area contributed by atoms with Crippen LogP contribution in [0.2, 0.25) is 0 Å². The smallest absolute Gasteiger partial charge is 0.383 e. The van der Waals surface area contributed by atoms with E-state index in [4.69, 9.17) is 0 Å². The van der Waals surface area contributed by atoms with Crippen LogP contribution in [0.25, 0.3) is 0 Å². The minimum Gasteiger partial charge on any atom is -0.383 e. The van der Waals surface area contributed by atoms with Crippen LogP contribution < -0.4 is 10.6 Å². The summed E-state index contributed by atoms with van der Waals surface area (Å²) in [6, 6.07) is -2.36. The number of halogens is 3. The number of ether oxygens (including phenoxy) is 1. The molecule has 35 heavy (non-hydrogen) atoms. The zero-order chi connectivity index (χ0) is 26.3. The maximum atomic E-state index is 13.4. The maximum Gasteiger partial charge on any atom is 0.522 e. The lowest BCUT2D eigenvalue weighted by atomic mass is 9.94. The Kier molecular flexibility index (Phi) is 7.85. The van der Waals surface area contributed by atoms with Crippen molar-refractivity contribution in [2.75, 3.05) is 19.7 Å². The SMILES string of the molecule is CC(C)C[C@@H](O)C(=O)N1C[C@H]2[C@@H]([C@H]1C(=O)N[C@@H](C[C@@H]1CCNC1=O)C(=O)COC(F)(F)F)C2(C)C. The van der Waals surface area contributed by atoms with Crippen molar-refractivity contribution in [1.29, 1.82) is 0 Å². The molecule has 2 heterocycles. The van der Waals surface area contributed by atoms with Crippen LogP contribution in [0, 0.1) is 29.1 Å². The molecule has 0 unspecified atom stereocenters. The Bertz CT molecular complexity index is 862. The monoisotopic (exact) mass is 505 g/mol. The van der Waals surface area contributed by atoms with Crippen LogP contribution in [-0.2, 0) is 23.9 Å². The number of piperidine rings is 1. The third kappa shape index (κ3) is 6.14. The first-order valence-electron chi connectivity index (χ1n) is 11.9. The summed E-state index contributed by atoms with van der Waals surface area (Å²) in [5.74, 6) is -3.41. The lowest BCUT2D eigenvalue weighted by Gasteiger charge is -2.33. The number of aliphatic hydroxyl groups excluding tert-OH is 1. The molecular formula is C23H34F3N3O6. The van der Waals surface area contributed by atoms with E-state index in [-0.39, 0.29) is 48.5 Å². The molecule has 6 atom stereocenters. The zero-order valence-electron chi connectivity index (χ0n) is 20.4. The lowest BCUT2D eigenvalue weighted by Crippen LogP contribution is -2.56. The minimum absolute atomic E-state index is 0.0248. The van der Waals surface area contributed by atoms with Crippen molar-refractivity contribution in [2.45, 2.75) is 71.5 Å². The molecule has 2 aliphatic heterocycles. The van der Waals surface area contributed by atoms with Crippen LogP contribution in [0.1, 0.15) is 47.0 Å². The fourth-order valence-electron chi connectivity index (χ4n) is 5.49. The number of fused-ring (bicyclic) bond motifs is 1. The number of carbonyl (C=O) groups is 4. The normalized spacial score (nSPS) is 28.9. The Morgan fingerprint density at radius 2 is 1.94 bits per heavy atom. The molecule has 3 aliphatic rings. The summed E-state index contributed by atoms with van der Waals surface area (Å²) in [6.07, 6.45) is -5.89. The molecule has 1 saturated carbocycles. The molecule has 0 bridgehead atoms. The fraction of sp³-hybridized carbons (Fsp3) is 0.826. The van der Waals surface area contributed by atoms with Crippen LogP contribution in [0.5, 0.6) is 0 Å². The van der Waals surface area contributed by atoms with Gasteiger partial charge in [0.2, 0.25) is 11.8 Å². The van der Waals surface area contributed by atoms with E-state index in [1.165, 1.54) is 4.90 Å². The van der Waals surface area contributed by atoms with Gasteiger partial charge >= 0.3 is 6.36 Å². The molecule has 3 rings (SSSR count). The average molecular weight is 506 g/mol. The zero-order valence-corrected chi connectivity index (χ0v) is 20.4. The van der Waals surface area contributed by atoms with Crippen LogP contribution in [0.4, 0.5) is 13.2 Å². The number of alkyl halides is 3. The van der Waals surface area contributed by atoms with Crippen LogP contribution in [0.3, 0.4) is 0 Å². The summed E-state index contributed by atoms with van der Waals surface area (Å²) in [5.41, 5.74) is -0.244. The van der Waals surface area contributed by atoms with Gasteiger partial charge in [-0.1, -0.05) is 27.7 Å². The highest BCUT2D eigenvalue weighted by Crippen LogP contribution is 2.64. The third-order valence-corrected chi connectivity index (χ3v) is 7.51. The van der Waals surface area contributed by atoms with E-state index < -0.39 is 54.7 Å². The molecule has 2 saturated heterocycles. The van der Waals surface area contributed by atoms with Crippen LogP contribution in [0.15, 0.2) is 0 Å². The summed E-state index contributed by atoms with van der Waals surface area (Å²) in [6.45, 7) is 6.95. The van der Waals surface area contributed by atoms with E-state index in [1.54, 1.807) is 0 Å². The molecule has 0 spiro atoms. The highest BCUT2D eigenvalue weighted by atomic mass is 19.4. The summed E-state index contributed by atoms with van der Waals surface area (Å²) in [4.78, 5) is 52.3. The number of aliphatic hydroxyl groups is 1. The van der Waals surface area contributed by atoms with Gasteiger partial charge in [-0.2, -0.15) is 0 Å². The van der Waals surface area contributed by atoms with Gasteiger partial charge in [-0.15, -0.1) is 13.2 Å². The minimum atomic E-state index is -5.03. The van der Waals surface area contributed by atoms with Crippen molar-refractivity contribution in [3.63, 3.8) is 0 Å². The molecule has 0 radical (unpaired) electrons. The molecular weight excluding hydrogens is 471 g/mol. The van der Waals surface area contributed by atoms with Gasteiger partial charge in [0.25, 0.3) is 5.91 Å². The Hall–Kier alpha value is -2.21. The molecule has 3 fully saturated rings. The number of likely N-dealkylation sites (tertiary alicyclic amines) is 1. The number of carbonyl (C=O) groups excluding carboxylic acids is 4. The van der Waals surface area contributed by atoms with E-state index in [0.717, 1.165) is 0 Å². The predicted molar refractivity (Wildman–Crippen MR) is 116 cm³/mol. The summed E-state index contributed by atoms with van der Waals surface area (Å²) < 4.78 is 41.2. The summed E-state index contributed by atoms with van der Waals surface area (Å²) >= 11 is 0. The first-order valence-corrected chi connectivity index (χ1v) is 11.9. The van der Waals surface area contributed by atoms with Crippen molar-refractivity contribution in [3.8, 4) is 0 Å². The van der Waals surface area contributed by atoms with Gasteiger partial charge in [0.15, 0.2) is 5.78 Å². The molecule has 0 aromatic heterocycles. The number of nitrogens with zero attached hydrogens (tertiary/aromatic N) is 1. The Morgan fingerprint density at radius 3 is 2.49 bits per heavy atom. The molecule has 0 aromatic rings. The van der Waals surface area contributed by atoms with Crippen molar-refractivity contribution in [3.05, 3.63) is 0 Å². The number of amides is 3. The van der Waals surface area contributed by atoms with Crippen molar-refractivity contribution < 1.29 is 42.2 Å². The second-order valence-corrected chi connectivity index (χ2v) is 10.8. The molecule has 198 valence electrons. The van der Waals surface area contributed by atoms with Gasteiger partial charge in [0.05, 0.1) is 6.04 Å². The Morgan fingerprint density at radius 1 is 1.29 bits per heavy atom. The molecule has 12 heteroatoms. The van der Waals surface area contributed by atoms with Crippen LogP contribution >= 0.6 is 0 Å². The first kappa shape index (κ1) is 27.4. The van der Waals surface area contributed by atoms with Crippen LogP contribution in [-0.4, -0.2) is 77.8 Å². The third-order valence-electron chi connectivity index (χ3n) is 7.51. The number of hydrogen-bond acceptors (Lipinski definition) is 6. The summed E-state index contributed by atoms with van der Waals surface area (Å²) in [7, 11) is 0. The highest BCUT2D eigenvalue weighted by Gasteiger charge is 2.69. The molecule has 0 aromatic carbocycles.